The van der Waals surface area contributed by atoms with E-state index in [-0.39, 0.29) is 5.54 Å². The third kappa shape index (κ3) is 4.05. The van der Waals surface area contributed by atoms with Crippen molar-refractivity contribution in [2.45, 2.75) is 37.8 Å². The molecule has 120 valence electrons. The van der Waals surface area contributed by atoms with Gasteiger partial charge in [0.1, 0.15) is 0 Å². The molecule has 2 saturated heterocycles. The number of ether oxygens (including phenoxy) is 1. The number of hydrogen-bond acceptors (Lipinski definition) is 4. The number of aliphatic imine (C=N–C) groups is 1. The molecule has 3 aliphatic rings. The van der Waals surface area contributed by atoms with Gasteiger partial charge in [-0.1, -0.05) is 0 Å². The summed E-state index contributed by atoms with van der Waals surface area (Å²) in [6.45, 7) is 7.82. The molecular formula is C15H28N4OS. The number of guanidine groups is 1. The summed E-state index contributed by atoms with van der Waals surface area (Å²) in [4.78, 5) is 7.55. The number of nitrogens with one attached hydrogen (secondary N) is 2. The first-order valence-electron chi connectivity index (χ1n) is 8.28. The molecule has 1 saturated carbocycles. The fourth-order valence-corrected chi connectivity index (χ4v) is 4.54. The Bertz CT molecular complexity index is 361. The Hall–Kier alpha value is -0.460. The summed E-state index contributed by atoms with van der Waals surface area (Å²) in [5.74, 6) is 3.48. The van der Waals surface area contributed by atoms with Crippen LogP contribution in [0.1, 0.15) is 26.2 Å². The van der Waals surface area contributed by atoms with Crippen molar-refractivity contribution in [3.8, 4) is 0 Å². The summed E-state index contributed by atoms with van der Waals surface area (Å²) in [5, 5.41) is 6.91. The molecule has 0 aromatic heterocycles. The molecule has 21 heavy (non-hydrogen) atoms. The number of thioether (sulfide) groups is 1. The molecule has 5 nitrogen and oxygen atoms in total. The van der Waals surface area contributed by atoms with E-state index in [2.05, 4.69) is 34.2 Å². The lowest BCUT2D eigenvalue weighted by molar-refractivity contribution is -0.0104. The van der Waals surface area contributed by atoms with Crippen LogP contribution in [-0.4, -0.2) is 73.3 Å². The zero-order valence-electron chi connectivity index (χ0n) is 13.1. The van der Waals surface area contributed by atoms with Gasteiger partial charge in [-0.2, -0.15) is 11.8 Å². The SMILES string of the molecule is CCNC(=NCC1(N2CCOCC2)CCSC1)NC1CC1. The zero-order valence-corrected chi connectivity index (χ0v) is 13.9. The minimum Gasteiger partial charge on any atom is -0.379 e. The predicted octanol–water partition coefficient (Wildman–Crippen LogP) is 0.912. The van der Waals surface area contributed by atoms with Crippen LogP contribution >= 0.6 is 11.8 Å². The van der Waals surface area contributed by atoms with Crippen LogP contribution in [0.15, 0.2) is 4.99 Å². The van der Waals surface area contributed by atoms with Gasteiger partial charge in [0, 0.05) is 31.4 Å². The fourth-order valence-electron chi connectivity index (χ4n) is 3.08. The van der Waals surface area contributed by atoms with Gasteiger partial charge in [0.25, 0.3) is 0 Å². The Labute approximate surface area is 132 Å². The molecule has 1 unspecified atom stereocenters. The van der Waals surface area contributed by atoms with Crippen molar-refractivity contribution in [3.05, 3.63) is 0 Å². The van der Waals surface area contributed by atoms with E-state index in [1.807, 2.05) is 0 Å². The van der Waals surface area contributed by atoms with Gasteiger partial charge in [0.15, 0.2) is 5.96 Å². The summed E-state index contributed by atoms with van der Waals surface area (Å²) in [6, 6.07) is 0.653. The van der Waals surface area contributed by atoms with Crippen LogP contribution in [0.2, 0.25) is 0 Å². The molecule has 3 rings (SSSR count). The van der Waals surface area contributed by atoms with Gasteiger partial charge >= 0.3 is 0 Å². The maximum Gasteiger partial charge on any atom is 0.191 e. The molecule has 6 heteroatoms. The topological polar surface area (TPSA) is 48.9 Å². The molecule has 3 fully saturated rings. The minimum absolute atomic E-state index is 0.250. The van der Waals surface area contributed by atoms with Crippen molar-refractivity contribution < 1.29 is 4.74 Å². The number of morpholine rings is 1. The molecule has 0 radical (unpaired) electrons. The van der Waals surface area contributed by atoms with Gasteiger partial charge in [-0.3, -0.25) is 9.89 Å². The largest absolute Gasteiger partial charge is 0.379 e. The number of hydrogen-bond donors (Lipinski definition) is 2. The van der Waals surface area contributed by atoms with Crippen molar-refractivity contribution >= 4 is 17.7 Å². The molecule has 1 atom stereocenters. The molecule has 0 bridgehead atoms. The average Bonchev–Trinajstić information content (AvgIpc) is 3.21. The van der Waals surface area contributed by atoms with Crippen LogP contribution in [0.3, 0.4) is 0 Å². The molecular weight excluding hydrogens is 284 g/mol. The second kappa shape index (κ2) is 7.20. The van der Waals surface area contributed by atoms with Gasteiger partial charge in [-0.15, -0.1) is 0 Å². The molecule has 1 aliphatic carbocycles. The Morgan fingerprint density at radius 3 is 2.81 bits per heavy atom. The van der Waals surface area contributed by atoms with Gasteiger partial charge in [0.05, 0.1) is 25.3 Å². The highest BCUT2D eigenvalue weighted by atomic mass is 32.2. The highest BCUT2D eigenvalue weighted by molar-refractivity contribution is 7.99. The summed E-state index contributed by atoms with van der Waals surface area (Å²) >= 11 is 2.07. The smallest absolute Gasteiger partial charge is 0.191 e. The van der Waals surface area contributed by atoms with Gasteiger partial charge in [0.2, 0.25) is 0 Å². The van der Waals surface area contributed by atoms with E-state index < -0.39 is 0 Å². The van der Waals surface area contributed by atoms with E-state index in [1.54, 1.807) is 0 Å². The van der Waals surface area contributed by atoms with Gasteiger partial charge in [-0.05, 0) is 31.9 Å². The lowest BCUT2D eigenvalue weighted by Gasteiger charge is -2.42. The lowest BCUT2D eigenvalue weighted by atomic mass is 9.96. The van der Waals surface area contributed by atoms with E-state index in [0.29, 0.717) is 6.04 Å². The van der Waals surface area contributed by atoms with Gasteiger partial charge in [-0.25, -0.2) is 0 Å². The molecule has 0 aromatic carbocycles. The van der Waals surface area contributed by atoms with E-state index in [9.17, 15) is 0 Å². The van der Waals surface area contributed by atoms with E-state index in [4.69, 9.17) is 9.73 Å². The normalized spacial score (nSPS) is 31.4. The van der Waals surface area contributed by atoms with Crippen LogP contribution in [0.4, 0.5) is 0 Å². The second-order valence-corrected chi connectivity index (χ2v) is 7.35. The van der Waals surface area contributed by atoms with Crippen LogP contribution in [-0.2, 0) is 4.74 Å². The quantitative estimate of drug-likeness (QED) is 0.584. The van der Waals surface area contributed by atoms with Crippen molar-refractivity contribution in [2.75, 3.05) is 50.9 Å². The summed E-state index contributed by atoms with van der Waals surface area (Å²) in [6.07, 6.45) is 3.83. The third-order valence-electron chi connectivity index (χ3n) is 4.56. The third-order valence-corrected chi connectivity index (χ3v) is 5.79. The summed E-state index contributed by atoms with van der Waals surface area (Å²) in [7, 11) is 0. The highest BCUT2D eigenvalue weighted by Gasteiger charge is 2.40. The Morgan fingerprint density at radius 1 is 1.38 bits per heavy atom. The van der Waals surface area contributed by atoms with Crippen LogP contribution in [0, 0.1) is 0 Å². The summed E-state index contributed by atoms with van der Waals surface area (Å²) < 4.78 is 5.52. The zero-order chi connectivity index (χ0) is 14.5. The van der Waals surface area contributed by atoms with E-state index in [0.717, 1.165) is 45.4 Å². The Morgan fingerprint density at radius 2 is 2.19 bits per heavy atom. The predicted molar refractivity (Wildman–Crippen MR) is 89.2 cm³/mol. The lowest BCUT2D eigenvalue weighted by Crippen LogP contribution is -2.56. The maximum atomic E-state index is 5.52. The molecule has 2 heterocycles. The Balaban J connectivity index is 1.65. The second-order valence-electron chi connectivity index (χ2n) is 6.24. The molecule has 0 aromatic rings. The molecule has 2 aliphatic heterocycles. The van der Waals surface area contributed by atoms with E-state index >= 15 is 0 Å². The molecule has 0 spiro atoms. The number of nitrogens with zero attached hydrogens (tertiary/aromatic N) is 2. The standard InChI is InChI=1S/C15H28N4OS/c1-2-16-14(18-13-3-4-13)17-11-15(5-10-21-12-15)19-6-8-20-9-7-19/h13H,2-12H2,1H3,(H2,16,17,18). The Kier molecular flexibility index (Phi) is 5.29. The molecule has 0 amide bonds. The van der Waals surface area contributed by atoms with Crippen molar-refractivity contribution in [2.24, 2.45) is 4.99 Å². The first kappa shape index (κ1) is 15.4. The average molecular weight is 312 g/mol. The van der Waals surface area contributed by atoms with Crippen molar-refractivity contribution in [3.63, 3.8) is 0 Å². The van der Waals surface area contributed by atoms with Crippen LogP contribution in [0.5, 0.6) is 0 Å². The monoisotopic (exact) mass is 312 g/mol. The first-order valence-corrected chi connectivity index (χ1v) is 9.43. The highest BCUT2D eigenvalue weighted by Crippen LogP contribution is 2.34. The maximum absolute atomic E-state index is 5.52. The van der Waals surface area contributed by atoms with Crippen molar-refractivity contribution in [1.29, 1.82) is 0 Å². The fraction of sp³-hybridized carbons (Fsp3) is 0.933. The first-order chi connectivity index (χ1) is 10.3. The van der Waals surface area contributed by atoms with E-state index in [1.165, 1.54) is 30.8 Å². The van der Waals surface area contributed by atoms with Crippen LogP contribution < -0.4 is 10.6 Å². The summed E-state index contributed by atoms with van der Waals surface area (Å²) in [5.41, 5.74) is 0.250. The van der Waals surface area contributed by atoms with Crippen LogP contribution in [0.25, 0.3) is 0 Å². The minimum atomic E-state index is 0.250. The van der Waals surface area contributed by atoms with Crippen molar-refractivity contribution in [1.82, 2.24) is 15.5 Å². The number of rotatable bonds is 5. The molecule has 2 N–H and O–H groups in total. The van der Waals surface area contributed by atoms with Gasteiger partial charge < -0.3 is 15.4 Å².